The van der Waals surface area contributed by atoms with Gasteiger partial charge in [-0.1, -0.05) is 30.4 Å². The molecule has 6 heteroatoms. The van der Waals surface area contributed by atoms with E-state index in [1.165, 1.54) is 0 Å². The van der Waals surface area contributed by atoms with Crippen molar-refractivity contribution >= 4 is 23.5 Å². The lowest BCUT2D eigenvalue weighted by molar-refractivity contribution is -0.109. The van der Waals surface area contributed by atoms with Crippen molar-refractivity contribution in [1.82, 2.24) is 14.9 Å². The summed E-state index contributed by atoms with van der Waals surface area (Å²) in [5, 5.41) is 2.70. The van der Waals surface area contributed by atoms with Crippen molar-refractivity contribution in [2.45, 2.75) is 26.4 Å². The molecule has 0 aliphatic carbocycles. The maximum atomic E-state index is 10.7. The first kappa shape index (κ1) is 19.5. The molecule has 1 N–H and O–H groups in total. The van der Waals surface area contributed by atoms with Gasteiger partial charge in [-0.05, 0) is 43.2 Å². The van der Waals surface area contributed by atoms with Crippen LogP contribution in [-0.2, 0) is 17.9 Å². The van der Waals surface area contributed by atoms with E-state index in [4.69, 9.17) is 9.47 Å². The van der Waals surface area contributed by atoms with Crippen molar-refractivity contribution < 1.29 is 14.3 Å². The van der Waals surface area contributed by atoms with E-state index in [2.05, 4.69) is 14.9 Å². The third-order valence-electron chi connectivity index (χ3n) is 4.41. The zero-order chi connectivity index (χ0) is 19.8. The van der Waals surface area contributed by atoms with Crippen LogP contribution in [0.2, 0.25) is 0 Å². The summed E-state index contributed by atoms with van der Waals surface area (Å²) in [6, 6.07) is 13.9. The Bertz CT molecular complexity index is 963. The number of carbonyl (C=O) groups is 1. The second-order valence-electron chi connectivity index (χ2n) is 6.28. The Labute approximate surface area is 164 Å². The molecular weight excluding hydrogens is 354 g/mol. The normalized spacial score (nSPS) is 11.1. The van der Waals surface area contributed by atoms with Gasteiger partial charge in [0.15, 0.2) is 11.5 Å². The molecule has 3 aromatic rings. The van der Waals surface area contributed by atoms with Gasteiger partial charge in [0.2, 0.25) is 6.41 Å². The lowest BCUT2D eigenvalue weighted by atomic mass is 10.2. The molecule has 0 aliphatic rings. The number of fused-ring (bicyclic) bond motifs is 1. The number of methoxy groups -OCH3 is 1. The number of amides is 1. The van der Waals surface area contributed by atoms with Gasteiger partial charge in [-0.3, -0.25) is 4.79 Å². The van der Waals surface area contributed by atoms with E-state index < -0.39 is 0 Å². The van der Waals surface area contributed by atoms with Crippen LogP contribution >= 0.6 is 0 Å². The van der Waals surface area contributed by atoms with Gasteiger partial charge < -0.3 is 19.4 Å². The smallest absolute Gasteiger partial charge is 0.207 e. The standard InChI is InChI=1S/C22H25N3O3/c1-3-7-17-10-11-20(21(14-17)27-2)28-13-6-12-25-19-9-5-4-8-18(19)24-22(25)15-23-16-26/h3-5,7-11,14,16H,6,12-13,15H2,1-2H3,(H,23,26)/b7-3+. The van der Waals surface area contributed by atoms with Crippen LogP contribution in [0.3, 0.4) is 0 Å². The molecule has 1 amide bonds. The van der Waals surface area contributed by atoms with Crippen molar-refractivity contribution in [1.29, 1.82) is 0 Å². The molecular formula is C22H25N3O3. The second-order valence-corrected chi connectivity index (χ2v) is 6.28. The van der Waals surface area contributed by atoms with Gasteiger partial charge in [0.05, 0.1) is 31.3 Å². The Morgan fingerprint density at radius 1 is 1.18 bits per heavy atom. The summed E-state index contributed by atoms with van der Waals surface area (Å²) in [6.45, 7) is 3.68. The molecule has 0 spiro atoms. The maximum absolute atomic E-state index is 10.7. The number of benzene rings is 2. The highest BCUT2D eigenvalue weighted by Crippen LogP contribution is 2.28. The van der Waals surface area contributed by atoms with Gasteiger partial charge in [-0.25, -0.2) is 4.98 Å². The van der Waals surface area contributed by atoms with E-state index in [1.54, 1.807) is 7.11 Å². The minimum Gasteiger partial charge on any atom is -0.493 e. The number of imidazole rings is 1. The molecule has 28 heavy (non-hydrogen) atoms. The van der Waals surface area contributed by atoms with E-state index in [1.807, 2.05) is 61.5 Å². The fourth-order valence-corrected chi connectivity index (χ4v) is 3.15. The number of carbonyl (C=O) groups excluding carboxylic acids is 1. The largest absolute Gasteiger partial charge is 0.493 e. The number of allylic oxidation sites excluding steroid dienone is 1. The SMILES string of the molecule is C/C=C/c1ccc(OCCCn2c(CNC=O)nc3ccccc32)c(OC)c1. The molecule has 0 saturated carbocycles. The first-order chi connectivity index (χ1) is 13.8. The molecule has 0 fully saturated rings. The highest BCUT2D eigenvalue weighted by Gasteiger charge is 2.10. The summed E-state index contributed by atoms with van der Waals surface area (Å²) < 4.78 is 13.5. The average Bonchev–Trinajstić information content (AvgIpc) is 3.08. The van der Waals surface area contributed by atoms with Crippen LogP contribution in [-0.4, -0.2) is 29.7 Å². The molecule has 1 aromatic heterocycles. The molecule has 0 bridgehead atoms. The van der Waals surface area contributed by atoms with E-state index in [9.17, 15) is 4.79 Å². The van der Waals surface area contributed by atoms with E-state index in [0.717, 1.165) is 46.9 Å². The first-order valence-corrected chi connectivity index (χ1v) is 9.31. The molecule has 146 valence electrons. The third-order valence-corrected chi connectivity index (χ3v) is 4.41. The number of para-hydroxylation sites is 2. The quantitative estimate of drug-likeness (QED) is 0.430. The molecule has 6 nitrogen and oxygen atoms in total. The molecule has 0 atom stereocenters. The van der Waals surface area contributed by atoms with Crippen LogP contribution in [0, 0.1) is 0 Å². The number of rotatable bonds is 10. The van der Waals surface area contributed by atoms with Crippen LogP contribution in [0.15, 0.2) is 48.5 Å². The third kappa shape index (κ3) is 4.52. The van der Waals surface area contributed by atoms with Crippen LogP contribution in [0.5, 0.6) is 11.5 Å². The van der Waals surface area contributed by atoms with Gasteiger partial charge >= 0.3 is 0 Å². The second kappa shape index (κ2) is 9.60. The minimum absolute atomic E-state index is 0.402. The van der Waals surface area contributed by atoms with E-state index in [-0.39, 0.29) is 0 Å². The van der Waals surface area contributed by atoms with Crippen molar-refractivity contribution in [2.75, 3.05) is 13.7 Å². The first-order valence-electron chi connectivity index (χ1n) is 9.31. The Balaban J connectivity index is 1.66. The minimum atomic E-state index is 0.402. The van der Waals surface area contributed by atoms with Gasteiger partial charge in [0.25, 0.3) is 0 Å². The zero-order valence-corrected chi connectivity index (χ0v) is 16.2. The molecule has 1 heterocycles. The van der Waals surface area contributed by atoms with Crippen LogP contribution in [0.25, 0.3) is 17.1 Å². The van der Waals surface area contributed by atoms with Gasteiger partial charge in [0, 0.05) is 6.54 Å². The van der Waals surface area contributed by atoms with Crippen molar-refractivity contribution in [3.63, 3.8) is 0 Å². The number of nitrogens with one attached hydrogen (secondary N) is 1. The number of aryl methyl sites for hydroxylation is 1. The van der Waals surface area contributed by atoms with Crippen LogP contribution in [0.1, 0.15) is 24.7 Å². The van der Waals surface area contributed by atoms with Crippen molar-refractivity contribution in [3.05, 3.63) is 59.9 Å². The average molecular weight is 379 g/mol. The zero-order valence-electron chi connectivity index (χ0n) is 16.2. The Morgan fingerprint density at radius 2 is 2.04 bits per heavy atom. The molecule has 3 rings (SSSR count). The number of ether oxygens (including phenoxy) is 2. The van der Waals surface area contributed by atoms with Crippen LogP contribution in [0.4, 0.5) is 0 Å². The van der Waals surface area contributed by atoms with Gasteiger partial charge in [-0.2, -0.15) is 0 Å². The highest BCUT2D eigenvalue weighted by molar-refractivity contribution is 5.76. The Morgan fingerprint density at radius 3 is 2.82 bits per heavy atom. The summed E-state index contributed by atoms with van der Waals surface area (Å²) in [6.07, 6.45) is 5.50. The topological polar surface area (TPSA) is 65.4 Å². The van der Waals surface area contributed by atoms with Crippen molar-refractivity contribution in [2.24, 2.45) is 0 Å². The van der Waals surface area contributed by atoms with E-state index in [0.29, 0.717) is 19.6 Å². The van der Waals surface area contributed by atoms with Crippen LogP contribution < -0.4 is 14.8 Å². The number of aromatic nitrogens is 2. The maximum Gasteiger partial charge on any atom is 0.207 e. The summed E-state index contributed by atoms with van der Waals surface area (Å²) in [7, 11) is 1.64. The number of hydrogen-bond acceptors (Lipinski definition) is 4. The van der Waals surface area contributed by atoms with Crippen molar-refractivity contribution in [3.8, 4) is 11.5 Å². The molecule has 0 unspecified atom stereocenters. The lowest BCUT2D eigenvalue weighted by Crippen LogP contribution is -2.16. The number of nitrogens with zero attached hydrogens (tertiary/aromatic N) is 2. The fraction of sp³-hybridized carbons (Fsp3) is 0.273. The summed E-state index contributed by atoms with van der Waals surface area (Å²) >= 11 is 0. The summed E-state index contributed by atoms with van der Waals surface area (Å²) in [5.74, 6) is 2.29. The Kier molecular flexibility index (Phi) is 6.68. The lowest BCUT2D eigenvalue weighted by Gasteiger charge is -2.13. The molecule has 0 radical (unpaired) electrons. The monoisotopic (exact) mass is 379 g/mol. The summed E-state index contributed by atoms with van der Waals surface area (Å²) in [4.78, 5) is 15.3. The molecule has 0 aliphatic heterocycles. The van der Waals surface area contributed by atoms with Gasteiger partial charge in [-0.15, -0.1) is 0 Å². The predicted octanol–water partition coefficient (Wildman–Crippen LogP) is 3.79. The highest BCUT2D eigenvalue weighted by atomic mass is 16.5. The van der Waals surface area contributed by atoms with E-state index >= 15 is 0 Å². The predicted molar refractivity (Wildman–Crippen MR) is 110 cm³/mol. The number of hydrogen-bond donors (Lipinski definition) is 1. The Hall–Kier alpha value is -3.28. The molecule has 0 saturated heterocycles. The van der Waals surface area contributed by atoms with Gasteiger partial charge in [0.1, 0.15) is 5.82 Å². The molecule has 2 aromatic carbocycles. The summed E-state index contributed by atoms with van der Waals surface area (Å²) in [5.41, 5.74) is 3.05. The fourth-order valence-electron chi connectivity index (χ4n) is 3.15.